The molecule has 0 spiro atoms. The van der Waals surface area contributed by atoms with Crippen LogP contribution in [0.15, 0.2) is 60.8 Å². The number of ketones is 1. The van der Waals surface area contributed by atoms with Gasteiger partial charge in [-0.15, -0.1) is 0 Å². The molecule has 19 heavy (non-hydrogen) atoms. The zero-order valence-electron chi connectivity index (χ0n) is 10.6. The van der Waals surface area contributed by atoms with Crippen LogP contribution in [0.2, 0.25) is 0 Å². The molecule has 2 aromatic rings. The molecule has 0 aliphatic heterocycles. The van der Waals surface area contributed by atoms with E-state index in [4.69, 9.17) is 0 Å². The number of halogens is 1. The fraction of sp³-hybridized carbons (Fsp3) is 0.0625. The number of hydrogen-bond acceptors (Lipinski definition) is 2. The van der Waals surface area contributed by atoms with Gasteiger partial charge in [0.1, 0.15) is 5.82 Å². The SMILES string of the molecule is Cc1ccc(N/C=C\C(=O)c2ccccc2)c(F)c1. The molecular formula is C16H14FNO. The van der Waals surface area contributed by atoms with Gasteiger partial charge in [0.2, 0.25) is 0 Å². The van der Waals surface area contributed by atoms with Gasteiger partial charge in [0.25, 0.3) is 0 Å². The number of carbonyl (C=O) groups excluding carboxylic acids is 1. The fourth-order valence-electron chi connectivity index (χ4n) is 1.64. The third-order valence-corrected chi connectivity index (χ3v) is 2.66. The van der Waals surface area contributed by atoms with Crippen molar-refractivity contribution >= 4 is 11.5 Å². The van der Waals surface area contributed by atoms with Crippen LogP contribution in [-0.4, -0.2) is 5.78 Å². The second-order valence-corrected chi connectivity index (χ2v) is 4.19. The van der Waals surface area contributed by atoms with Crippen molar-refractivity contribution < 1.29 is 9.18 Å². The molecule has 0 aliphatic carbocycles. The second-order valence-electron chi connectivity index (χ2n) is 4.19. The Bertz CT molecular complexity index is 605. The summed E-state index contributed by atoms with van der Waals surface area (Å²) in [6.45, 7) is 1.82. The highest BCUT2D eigenvalue weighted by molar-refractivity contribution is 6.04. The van der Waals surface area contributed by atoms with Gasteiger partial charge < -0.3 is 5.32 Å². The van der Waals surface area contributed by atoms with Crippen LogP contribution in [0.3, 0.4) is 0 Å². The normalized spacial score (nSPS) is 10.6. The van der Waals surface area contributed by atoms with Crippen molar-refractivity contribution in [2.24, 2.45) is 0 Å². The zero-order valence-corrected chi connectivity index (χ0v) is 10.6. The van der Waals surface area contributed by atoms with Crippen LogP contribution in [-0.2, 0) is 0 Å². The third kappa shape index (κ3) is 3.52. The Hall–Kier alpha value is -2.42. The molecule has 0 atom stereocenters. The first-order chi connectivity index (χ1) is 9.16. The Labute approximate surface area is 111 Å². The number of rotatable bonds is 4. The summed E-state index contributed by atoms with van der Waals surface area (Å²) in [6, 6.07) is 13.8. The van der Waals surface area contributed by atoms with E-state index in [1.54, 1.807) is 36.4 Å². The van der Waals surface area contributed by atoms with Crippen molar-refractivity contribution in [3.05, 3.63) is 77.8 Å². The molecular weight excluding hydrogens is 241 g/mol. The minimum Gasteiger partial charge on any atom is -0.359 e. The van der Waals surface area contributed by atoms with Gasteiger partial charge in [0, 0.05) is 17.8 Å². The lowest BCUT2D eigenvalue weighted by atomic mass is 10.1. The van der Waals surface area contributed by atoms with Gasteiger partial charge in [-0.2, -0.15) is 0 Å². The van der Waals surface area contributed by atoms with Crippen molar-refractivity contribution in [2.45, 2.75) is 6.92 Å². The van der Waals surface area contributed by atoms with E-state index in [1.165, 1.54) is 18.3 Å². The predicted octanol–water partition coefficient (Wildman–Crippen LogP) is 3.94. The monoisotopic (exact) mass is 255 g/mol. The quantitative estimate of drug-likeness (QED) is 0.662. The first-order valence-electron chi connectivity index (χ1n) is 5.95. The highest BCUT2D eigenvalue weighted by Gasteiger charge is 2.01. The molecule has 0 radical (unpaired) electrons. The van der Waals surface area contributed by atoms with E-state index in [-0.39, 0.29) is 11.6 Å². The maximum Gasteiger partial charge on any atom is 0.187 e. The number of benzene rings is 2. The molecule has 2 aromatic carbocycles. The molecule has 0 aliphatic rings. The minimum atomic E-state index is -0.336. The zero-order chi connectivity index (χ0) is 13.7. The van der Waals surface area contributed by atoms with Crippen molar-refractivity contribution in [3.8, 4) is 0 Å². The van der Waals surface area contributed by atoms with Gasteiger partial charge in [0.15, 0.2) is 5.78 Å². The van der Waals surface area contributed by atoms with Gasteiger partial charge in [-0.05, 0) is 24.6 Å². The summed E-state index contributed by atoms with van der Waals surface area (Å²) in [5, 5.41) is 2.76. The van der Waals surface area contributed by atoms with E-state index in [2.05, 4.69) is 5.32 Å². The van der Waals surface area contributed by atoms with Gasteiger partial charge >= 0.3 is 0 Å². The minimum absolute atomic E-state index is 0.124. The van der Waals surface area contributed by atoms with Gasteiger partial charge in [-0.25, -0.2) is 4.39 Å². The molecule has 0 unspecified atom stereocenters. The van der Waals surface area contributed by atoms with E-state index in [0.29, 0.717) is 11.3 Å². The molecule has 0 fully saturated rings. The first kappa shape index (κ1) is 13.0. The second kappa shape index (κ2) is 5.96. The highest BCUT2D eigenvalue weighted by atomic mass is 19.1. The standard InChI is InChI=1S/C16H14FNO/c1-12-7-8-15(14(17)11-12)18-10-9-16(19)13-5-3-2-4-6-13/h2-11,18H,1H3/b10-9-. The van der Waals surface area contributed by atoms with Gasteiger partial charge in [0.05, 0.1) is 5.69 Å². The molecule has 0 amide bonds. The number of carbonyl (C=O) groups is 1. The van der Waals surface area contributed by atoms with Crippen LogP contribution in [0.1, 0.15) is 15.9 Å². The molecule has 0 aromatic heterocycles. The Morgan fingerprint density at radius 2 is 1.89 bits per heavy atom. The average Bonchev–Trinajstić information content (AvgIpc) is 2.42. The topological polar surface area (TPSA) is 29.1 Å². The Morgan fingerprint density at radius 3 is 2.58 bits per heavy atom. The summed E-state index contributed by atoms with van der Waals surface area (Å²) >= 11 is 0. The fourth-order valence-corrected chi connectivity index (χ4v) is 1.64. The summed E-state index contributed by atoms with van der Waals surface area (Å²) in [6.07, 6.45) is 2.83. The van der Waals surface area contributed by atoms with E-state index < -0.39 is 0 Å². The van der Waals surface area contributed by atoms with E-state index in [9.17, 15) is 9.18 Å². The van der Waals surface area contributed by atoms with Crippen LogP contribution in [0.4, 0.5) is 10.1 Å². The molecule has 2 rings (SSSR count). The molecule has 0 bridgehead atoms. The molecule has 2 nitrogen and oxygen atoms in total. The van der Waals surface area contributed by atoms with E-state index in [1.807, 2.05) is 13.0 Å². The number of anilines is 1. The van der Waals surface area contributed by atoms with E-state index >= 15 is 0 Å². The van der Waals surface area contributed by atoms with Gasteiger partial charge in [-0.3, -0.25) is 4.79 Å². The Balaban J connectivity index is 2.02. The maximum atomic E-state index is 13.5. The number of aryl methyl sites for hydroxylation is 1. The average molecular weight is 255 g/mol. The summed E-state index contributed by atoms with van der Waals surface area (Å²) in [7, 11) is 0. The lowest BCUT2D eigenvalue weighted by Gasteiger charge is -2.03. The summed E-state index contributed by atoms with van der Waals surface area (Å²) in [5.41, 5.74) is 1.81. The van der Waals surface area contributed by atoms with Crippen LogP contribution >= 0.6 is 0 Å². The Morgan fingerprint density at radius 1 is 1.16 bits per heavy atom. The maximum absolute atomic E-state index is 13.5. The highest BCUT2D eigenvalue weighted by Crippen LogP contribution is 2.15. The first-order valence-corrected chi connectivity index (χ1v) is 5.95. The van der Waals surface area contributed by atoms with E-state index in [0.717, 1.165) is 5.56 Å². The van der Waals surface area contributed by atoms with Crippen molar-refractivity contribution in [1.82, 2.24) is 0 Å². The van der Waals surface area contributed by atoms with Crippen molar-refractivity contribution in [1.29, 1.82) is 0 Å². The third-order valence-electron chi connectivity index (χ3n) is 2.66. The Kier molecular flexibility index (Phi) is 4.08. The summed E-state index contributed by atoms with van der Waals surface area (Å²) < 4.78 is 13.5. The molecule has 1 N–H and O–H groups in total. The smallest absolute Gasteiger partial charge is 0.187 e. The molecule has 0 saturated heterocycles. The van der Waals surface area contributed by atoms with Crippen molar-refractivity contribution in [3.63, 3.8) is 0 Å². The number of nitrogens with one attached hydrogen (secondary N) is 1. The molecule has 3 heteroatoms. The number of allylic oxidation sites excluding steroid dienone is 1. The largest absolute Gasteiger partial charge is 0.359 e. The van der Waals surface area contributed by atoms with Crippen LogP contribution in [0.5, 0.6) is 0 Å². The van der Waals surface area contributed by atoms with Crippen LogP contribution in [0, 0.1) is 12.7 Å². The summed E-state index contributed by atoms with van der Waals surface area (Å²) in [4.78, 5) is 11.8. The van der Waals surface area contributed by atoms with Crippen LogP contribution < -0.4 is 5.32 Å². The van der Waals surface area contributed by atoms with Gasteiger partial charge in [-0.1, -0.05) is 36.4 Å². The lowest BCUT2D eigenvalue weighted by Crippen LogP contribution is -1.97. The number of hydrogen-bond donors (Lipinski definition) is 1. The lowest BCUT2D eigenvalue weighted by molar-refractivity contribution is 0.104. The molecule has 0 saturated carbocycles. The molecule has 0 heterocycles. The summed E-state index contributed by atoms with van der Waals surface area (Å²) in [5.74, 6) is -0.461. The molecule has 96 valence electrons. The predicted molar refractivity (Wildman–Crippen MR) is 74.7 cm³/mol. The van der Waals surface area contributed by atoms with Crippen molar-refractivity contribution in [2.75, 3.05) is 5.32 Å². The van der Waals surface area contributed by atoms with Crippen LogP contribution in [0.25, 0.3) is 0 Å².